The van der Waals surface area contributed by atoms with E-state index >= 15 is 0 Å². The van der Waals surface area contributed by atoms with Gasteiger partial charge in [0.25, 0.3) is 0 Å². The van der Waals surface area contributed by atoms with Gasteiger partial charge in [-0.05, 0) is 43.7 Å². The molecule has 0 N–H and O–H groups in total. The minimum Gasteiger partial charge on any atom is -0.359 e. The monoisotopic (exact) mass is 371 g/mol. The second-order valence-electron chi connectivity index (χ2n) is 7.27. The van der Waals surface area contributed by atoms with Crippen molar-refractivity contribution in [2.45, 2.75) is 50.4 Å². The summed E-state index contributed by atoms with van der Waals surface area (Å²) in [7, 11) is 1.86. The number of imidazole rings is 1. The first-order chi connectivity index (χ1) is 12.6. The maximum absolute atomic E-state index is 12.8. The van der Waals surface area contributed by atoms with E-state index in [-0.39, 0.29) is 11.1 Å². The molecule has 26 heavy (non-hydrogen) atoms. The molecular formula is C18H18ClN5O2. The van der Waals surface area contributed by atoms with Crippen LogP contribution in [0, 0.1) is 0 Å². The fourth-order valence-electron chi connectivity index (χ4n) is 4.52. The Balaban J connectivity index is 1.72. The van der Waals surface area contributed by atoms with Crippen LogP contribution in [0.5, 0.6) is 0 Å². The van der Waals surface area contributed by atoms with Crippen LogP contribution in [-0.2, 0) is 23.7 Å². The van der Waals surface area contributed by atoms with E-state index in [0.29, 0.717) is 29.0 Å². The van der Waals surface area contributed by atoms with Crippen molar-refractivity contribution in [1.29, 1.82) is 0 Å². The molecule has 0 radical (unpaired) electrons. The van der Waals surface area contributed by atoms with Crippen molar-refractivity contribution in [2.24, 2.45) is 7.05 Å². The summed E-state index contributed by atoms with van der Waals surface area (Å²) in [5.41, 5.74) is 2.99. The fraction of sp³-hybridized carbons (Fsp3) is 0.500. The Morgan fingerprint density at radius 2 is 2.00 bits per heavy atom. The van der Waals surface area contributed by atoms with E-state index in [4.69, 9.17) is 16.1 Å². The summed E-state index contributed by atoms with van der Waals surface area (Å²) >= 11 is 6.14. The average molecular weight is 372 g/mol. The Morgan fingerprint density at radius 1 is 1.15 bits per heavy atom. The van der Waals surface area contributed by atoms with Gasteiger partial charge in [0.05, 0.1) is 11.7 Å². The van der Waals surface area contributed by atoms with Crippen LogP contribution in [-0.4, -0.2) is 30.5 Å². The summed E-state index contributed by atoms with van der Waals surface area (Å²) in [6.45, 7) is 0. The van der Waals surface area contributed by atoms with Gasteiger partial charge in [-0.3, -0.25) is 4.79 Å². The first-order valence-corrected chi connectivity index (χ1v) is 9.35. The molecule has 2 aliphatic carbocycles. The van der Waals surface area contributed by atoms with Crippen LogP contribution >= 0.6 is 11.6 Å². The van der Waals surface area contributed by atoms with Gasteiger partial charge in [0, 0.05) is 19.0 Å². The highest BCUT2D eigenvalue weighted by Crippen LogP contribution is 2.48. The third-order valence-corrected chi connectivity index (χ3v) is 5.97. The molecule has 7 nitrogen and oxygen atoms in total. The first-order valence-electron chi connectivity index (χ1n) is 8.97. The lowest BCUT2D eigenvalue weighted by Gasteiger charge is -2.36. The largest absolute Gasteiger partial charge is 0.359 e. The highest BCUT2D eigenvalue weighted by atomic mass is 35.5. The van der Waals surface area contributed by atoms with Crippen LogP contribution < -0.4 is 0 Å². The molecule has 5 rings (SSSR count). The predicted octanol–water partition coefficient (Wildman–Crippen LogP) is 3.39. The number of rotatable bonds is 1. The Kier molecular flexibility index (Phi) is 3.44. The van der Waals surface area contributed by atoms with E-state index in [0.717, 1.165) is 49.8 Å². The SMILES string of the molecule is Cn1cnc2c(-c3noc4c3CCC[C@@]43CCCCC3=O)nc(Cl)nc21. The molecule has 3 aromatic heterocycles. The summed E-state index contributed by atoms with van der Waals surface area (Å²) in [6.07, 6.45) is 7.76. The second kappa shape index (κ2) is 5.61. The van der Waals surface area contributed by atoms with Gasteiger partial charge < -0.3 is 9.09 Å². The number of fused-ring (bicyclic) bond motifs is 3. The maximum Gasteiger partial charge on any atom is 0.225 e. The van der Waals surface area contributed by atoms with Crippen molar-refractivity contribution in [3.05, 3.63) is 22.9 Å². The van der Waals surface area contributed by atoms with Crippen molar-refractivity contribution in [2.75, 3.05) is 0 Å². The quantitative estimate of drug-likeness (QED) is 0.609. The zero-order valence-corrected chi connectivity index (χ0v) is 15.2. The average Bonchev–Trinajstić information content (AvgIpc) is 3.22. The third-order valence-electron chi connectivity index (χ3n) is 5.80. The van der Waals surface area contributed by atoms with Crippen LogP contribution in [0.25, 0.3) is 22.6 Å². The number of ketones is 1. The Hall–Kier alpha value is -2.28. The molecule has 134 valence electrons. The second-order valence-corrected chi connectivity index (χ2v) is 7.61. The molecule has 0 saturated heterocycles. The van der Waals surface area contributed by atoms with Gasteiger partial charge in [-0.2, -0.15) is 4.98 Å². The summed E-state index contributed by atoms with van der Waals surface area (Å²) in [4.78, 5) is 25.9. The Morgan fingerprint density at radius 3 is 2.85 bits per heavy atom. The highest BCUT2D eigenvalue weighted by Gasteiger charge is 2.48. The van der Waals surface area contributed by atoms with Crippen molar-refractivity contribution in [3.8, 4) is 11.4 Å². The van der Waals surface area contributed by atoms with Crippen LogP contribution in [0.1, 0.15) is 49.8 Å². The highest BCUT2D eigenvalue weighted by molar-refractivity contribution is 6.28. The van der Waals surface area contributed by atoms with Crippen molar-refractivity contribution >= 4 is 28.5 Å². The number of aryl methyl sites for hydroxylation is 1. The van der Waals surface area contributed by atoms with Crippen LogP contribution in [0.15, 0.2) is 10.9 Å². The van der Waals surface area contributed by atoms with Crippen molar-refractivity contribution < 1.29 is 9.32 Å². The zero-order chi connectivity index (χ0) is 17.9. The van der Waals surface area contributed by atoms with E-state index < -0.39 is 5.41 Å². The van der Waals surface area contributed by atoms with Gasteiger partial charge in [0.2, 0.25) is 5.28 Å². The fourth-order valence-corrected chi connectivity index (χ4v) is 4.69. The number of halogens is 1. The summed E-state index contributed by atoms with van der Waals surface area (Å²) in [5.74, 6) is 1.03. The molecular weight excluding hydrogens is 354 g/mol. The standard InChI is InChI=1S/C18H18ClN5O2/c1-24-9-20-14-13(21-17(19)22-16(14)24)12-10-5-4-8-18(15(10)26-23-12)7-3-2-6-11(18)25/h9H,2-8H2,1H3/t18-/m1/s1. The van der Waals surface area contributed by atoms with Crippen LogP contribution in [0.3, 0.4) is 0 Å². The molecule has 8 heteroatoms. The smallest absolute Gasteiger partial charge is 0.225 e. The normalized spacial score (nSPS) is 22.9. The van der Waals surface area contributed by atoms with Gasteiger partial charge in [-0.1, -0.05) is 11.6 Å². The summed E-state index contributed by atoms with van der Waals surface area (Å²) in [5, 5.41) is 4.47. The molecule has 0 aliphatic heterocycles. The molecule has 1 spiro atoms. The molecule has 0 aromatic carbocycles. The number of nitrogens with zero attached hydrogens (tertiary/aromatic N) is 5. The topological polar surface area (TPSA) is 86.7 Å². The number of Topliss-reactive ketones (excluding diaryl/α,β-unsaturated/α-hetero) is 1. The number of hydrogen-bond acceptors (Lipinski definition) is 6. The number of hydrogen-bond donors (Lipinski definition) is 0. The minimum atomic E-state index is -0.503. The maximum atomic E-state index is 12.8. The van der Waals surface area contributed by atoms with Crippen LogP contribution in [0.4, 0.5) is 0 Å². The number of aromatic nitrogens is 5. The van der Waals surface area contributed by atoms with Gasteiger partial charge >= 0.3 is 0 Å². The van der Waals surface area contributed by atoms with E-state index in [2.05, 4.69) is 20.1 Å². The molecule has 0 amide bonds. The number of carbonyl (C=O) groups excluding carboxylic acids is 1. The molecule has 2 aliphatic rings. The van der Waals surface area contributed by atoms with Crippen LogP contribution in [0.2, 0.25) is 5.28 Å². The summed E-state index contributed by atoms with van der Waals surface area (Å²) in [6, 6.07) is 0. The molecule has 1 saturated carbocycles. The Bertz CT molecular complexity index is 1040. The first kappa shape index (κ1) is 15.9. The summed E-state index contributed by atoms with van der Waals surface area (Å²) < 4.78 is 7.59. The van der Waals surface area contributed by atoms with Gasteiger partial charge in [-0.15, -0.1) is 0 Å². The molecule has 3 heterocycles. The minimum absolute atomic E-state index is 0.145. The molecule has 1 atom stereocenters. The molecule has 1 fully saturated rings. The van der Waals surface area contributed by atoms with Crippen molar-refractivity contribution in [1.82, 2.24) is 24.7 Å². The third kappa shape index (κ3) is 2.09. The lowest BCUT2D eigenvalue weighted by molar-refractivity contribution is -0.128. The van der Waals surface area contributed by atoms with E-state index in [1.807, 2.05) is 7.05 Å². The lowest BCUT2D eigenvalue weighted by atomic mass is 9.64. The van der Waals surface area contributed by atoms with Gasteiger partial charge in [-0.25, -0.2) is 9.97 Å². The number of carbonyl (C=O) groups is 1. The van der Waals surface area contributed by atoms with E-state index in [1.165, 1.54) is 0 Å². The van der Waals surface area contributed by atoms with E-state index in [9.17, 15) is 4.79 Å². The Labute approximate surface area is 154 Å². The molecule has 3 aromatic rings. The molecule has 0 bridgehead atoms. The lowest BCUT2D eigenvalue weighted by Crippen LogP contribution is -2.41. The molecule has 0 unspecified atom stereocenters. The van der Waals surface area contributed by atoms with Gasteiger partial charge in [0.1, 0.15) is 22.7 Å². The van der Waals surface area contributed by atoms with E-state index in [1.54, 1.807) is 10.9 Å². The predicted molar refractivity (Wildman–Crippen MR) is 94.9 cm³/mol. The van der Waals surface area contributed by atoms with Gasteiger partial charge in [0.15, 0.2) is 11.4 Å². The van der Waals surface area contributed by atoms with Crippen molar-refractivity contribution in [3.63, 3.8) is 0 Å². The zero-order valence-electron chi connectivity index (χ0n) is 14.5.